The zero-order valence-corrected chi connectivity index (χ0v) is 15.9. The van der Waals surface area contributed by atoms with Crippen LogP contribution in [0.3, 0.4) is 0 Å². The number of nitrogens with zero attached hydrogens (tertiary/aromatic N) is 2. The topological polar surface area (TPSA) is 171 Å². The molecule has 13 heteroatoms. The number of amides is 4. The van der Waals surface area contributed by atoms with Crippen LogP contribution in [0.2, 0.25) is 0 Å². The summed E-state index contributed by atoms with van der Waals surface area (Å²) < 4.78 is 35.6. The van der Waals surface area contributed by atoms with E-state index in [2.05, 4.69) is 15.1 Å². The number of nitrogens with two attached hydrogens (primary N) is 1. The number of hydrogen-bond acceptors (Lipinski definition) is 7. The number of hydroxylamine groups is 2. The molecule has 2 aliphatic heterocycles. The maximum atomic E-state index is 12.7. The van der Waals surface area contributed by atoms with E-state index in [4.69, 9.17) is 10.3 Å². The Bertz CT molecular complexity index is 814. The van der Waals surface area contributed by atoms with E-state index in [0.717, 1.165) is 12.8 Å². The maximum Gasteiger partial charge on any atom is 0.418 e. The third kappa shape index (κ3) is 3.32. The van der Waals surface area contributed by atoms with Gasteiger partial charge in [0.2, 0.25) is 5.91 Å². The van der Waals surface area contributed by atoms with E-state index in [1.807, 2.05) is 0 Å². The molecule has 4 atom stereocenters. The first-order chi connectivity index (χ1) is 13.1. The Morgan fingerprint density at radius 2 is 1.89 bits per heavy atom. The molecule has 2 heterocycles. The summed E-state index contributed by atoms with van der Waals surface area (Å²) in [6.45, 7) is 0.105. The Kier molecular flexibility index (Phi) is 4.52. The van der Waals surface area contributed by atoms with Crippen molar-refractivity contribution >= 4 is 28.2 Å². The van der Waals surface area contributed by atoms with Gasteiger partial charge in [-0.1, -0.05) is 6.42 Å². The Morgan fingerprint density at radius 3 is 2.46 bits per heavy atom. The molecule has 4 unspecified atom stereocenters. The Balaban J connectivity index is 1.43. The molecule has 4 fully saturated rings. The number of carbonyl (C=O) groups excluding carboxylic acids is 3. The lowest BCUT2D eigenvalue weighted by atomic mass is 9.85. The van der Waals surface area contributed by atoms with Crippen LogP contribution in [0.1, 0.15) is 38.5 Å². The van der Waals surface area contributed by atoms with E-state index in [1.165, 1.54) is 4.90 Å². The van der Waals surface area contributed by atoms with Crippen molar-refractivity contribution in [3.8, 4) is 0 Å². The first kappa shape index (κ1) is 19.4. The first-order valence-electron chi connectivity index (χ1n) is 9.23. The van der Waals surface area contributed by atoms with Gasteiger partial charge in [-0.25, -0.2) is 4.79 Å². The molecule has 0 aromatic carbocycles. The van der Waals surface area contributed by atoms with E-state index in [1.54, 1.807) is 0 Å². The summed E-state index contributed by atoms with van der Waals surface area (Å²) >= 11 is 0. The molecule has 4 amide bonds. The number of rotatable bonds is 4. The first-order valence-corrected chi connectivity index (χ1v) is 10.6. The Morgan fingerprint density at radius 1 is 1.21 bits per heavy atom. The highest BCUT2D eigenvalue weighted by Crippen LogP contribution is 2.59. The van der Waals surface area contributed by atoms with Gasteiger partial charge in [-0.15, -0.1) is 4.28 Å². The average Bonchev–Trinajstić information content (AvgIpc) is 3.16. The van der Waals surface area contributed by atoms with E-state index < -0.39 is 39.8 Å². The van der Waals surface area contributed by atoms with Crippen molar-refractivity contribution in [2.24, 2.45) is 17.1 Å². The van der Waals surface area contributed by atoms with Crippen LogP contribution in [-0.4, -0.2) is 65.4 Å². The fraction of sp³-hybridized carbons (Fsp3) is 0.800. The van der Waals surface area contributed by atoms with Crippen LogP contribution >= 0.6 is 0 Å². The summed E-state index contributed by atoms with van der Waals surface area (Å²) in [7, 11) is -4.87. The molecule has 0 radical (unpaired) electrons. The normalized spacial score (nSPS) is 33.3. The second-order valence-electron chi connectivity index (χ2n) is 8.04. The minimum Gasteiger partial charge on any atom is -0.327 e. The van der Waals surface area contributed by atoms with Gasteiger partial charge >= 0.3 is 16.4 Å². The standard InChI is InChI=1S/C15H23N5O7S/c16-9-3-1-2-8(9)12(21)17-18-13(22)10-6-15(4-5-15)11-7-19(10)14(23)20(11)27-28(24,25)26/h8-11H,1-7,16H2,(H,17,21)(H,18,22)(H,24,25,26). The number of nitrogens with one attached hydrogen (secondary N) is 2. The molecule has 2 saturated carbocycles. The number of urea groups is 1. The number of piperidine rings is 1. The van der Waals surface area contributed by atoms with Gasteiger partial charge in [-0.2, -0.15) is 13.5 Å². The molecule has 2 bridgehead atoms. The third-order valence-electron chi connectivity index (χ3n) is 6.35. The highest BCUT2D eigenvalue weighted by molar-refractivity contribution is 7.80. The molecule has 28 heavy (non-hydrogen) atoms. The summed E-state index contributed by atoms with van der Waals surface area (Å²) in [6.07, 6.45) is 3.99. The SMILES string of the molecule is NC1CCCC1C(=O)NNC(=O)C1CC2(CC2)C2CN1C(=O)N2OS(=O)(=O)O. The summed E-state index contributed by atoms with van der Waals surface area (Å²) in [5.74, 6) is -1.29. The Hall–Kier alpha value is -1.96. The van der Waals surface area contributed by atoms with E-state index in [9.17, 15) is 22.8 Å². The van der Waals surface area contributed by atoms with Crippen LogP contribution in [0, 0.1) is 11.3 Å². The molecule has 4 rings (SSSR count). The van der Waals surface area contributed by atoms with Crippen LogP contribution in [0.4, 0.5) is 4.79 Å². The van der Waals surface area contributed by atoms with Crippen molar-refractivity contribution < 1.29 is 31.6 Å². The summed E-state index contributed by atoms with van der Waals surface area (Å²) in [6, 6.07) is -2.49. The lowest BCUT2D eigenvalue weighted by molar-refractivity contribution is -0.134. The highest BCUT2D eigenvalue weighted by Gasteiger charge is 2.65. The minimum atomic E-state index is -4.87. The van der Waals surface area contributed by atoms with Crippen molar-refractivity contribution in [3.05, 3.63) is 0 Å². The highest BCUT2D eigenvalue weighted by atomic mass is 32.3. The molecule has 0 aromatic rings. The van der Waals surface area contributed by atoms with Gasteiger partial charge in [0.25, 0.3) is 5.91 Å². The van der Waals surface area contributed by atoms with Crippen molar-refractivity contribution in [2.75, 3.05) is 6.54 Å². The molecular weight excluding hydrogens is 394 g/mol. The third-order valence-corrected chi connectivity index (χ3v) is 6.70. The van der Waals surface area contributed by atoms with Crippen LogP contribution in [0.5, 0.6) is 0 Å². The summed E-state index contributed by atoms with van der Waals surface area (Å²) in [5, 5.41) is 0.645. The van der Waals surface area contributed by atoms with Gasteiger partial charge in [-0.05, 0) is 37.5 Å². The second kappa shape index (κ2) is 6.54. The van der Waals surface area contributed by atoms with E-state index >= 15 is 0 Å². The van der Waals surface area contributed by atoms with Crippen molar-refractivity contribution in [2.45, 2.75) is 56.7 Å². The quantitative estimate of drug-likeness (QED) is 0.321. The molecule has 12 nitrogen and oxygen atoms in total. The zero-order chi connectivity index (χ0) is 20.3. The molecule has 0 aromatic heterocycles. The smallest absolute Gasteiger partial charge is 0.327 e. The van der Waals surface area contributed by atoms with Gasteiger partial charge in [0.1, 0.15) is 6.04 Å². The molecule has 156 valence electrons. The van der Waals surface area contributed by atoms with Gasteiger partial charge in [0.05, 0.1) is 12.0 Å². The largest absolute Gasteiger partial charge is 0.418 e. The minimum absolute atomic E-state index is 0.105. The number of carbonyl (C=O) groups is 3. The number of hydrogen-bond donors (Lipinski definition) is 4. The lowest BCUT2D eigenvalue weighted by Gasteiger charge is -2.35. The molecule has 1 spiro atoms. The van der Waals surface area contributed by atoms with Crippen molar-refractivity contribution in [1.82, 2.24) is 20.8 Å². The van der Waals surface area contributed by atoms with Crippen LogP contribution in [-0.2, 0) is 24.3 Å². The fourth-order valence-electron chi connectivity index (χ4n) is 4.66. The second-order valence-corrected chi connectivity index (χ2v) is 9.05. The predicted molar refractivity (Wildman–Crippen MR) is 92.0 cm³/mol. The predicted octanol–water partition coefficient (Wildman–Crippen LogP) is -1.35. The van der Waals surface area contributed by atoms with Gasteiger partial charge in [0.15, 0.2) is 0 Å². The molecule has 4 aliphatic rings. The number of hydrazine groups is 1. The van der Waals surface area contributed by atoms with Gasteiger partial charge in [0, 0.05) is 12.6 Å². The molecular formula is C15H23N5O7S. The zero-order valence-electron chi connectivity index (χ0n) is 15.0. The van der Waals surface area contributed by atoms with Crippen LogP contribution in [0.15, 0.2) is 0 Å². The van der Waals surface area contributed by atoms with Crippen LogP contribution < -0.4 is 16.6 Å². The maximum absolute atomic E-state index is 12.7. The molecule has 5 N–H and O–H groups in total. The van der Waals surface area contributed by atoms with Crippen LogP contribution in [0.25, 0.3) is 0 Å². The van der Waals surface area contributed by atoms with E-state index in [0.29, 0.717) is 30.7 Å². The number of fused-ring (bicyclic) bond motifs is 3. The monoisotopic (exact) mass is 417 g/mol. The fourth-order valence-corrected chi connectivity index (χ4v) is 5.03. The average molecular weight is 417 g/mol. The van der Waals surface area contributed by atoms with Gasteiger partial charge in [-0.3, -0.25) is 25.0 Å². The summed E-state index contributed by atoms with van der Waals surface area (Å²) in [4.78, 5) is 38.6. The molecule has 2 aliphatic carbocycles. The Labute approximate surface area is 161 Å². The van der Waals surface area contributed by atoms with Crippen molar-refractivity contribution in [3.63, 3.8) is 0 Å². The lowest BCUT2D eigenvalue weighted by Crippen LogP contribution is -2.57. The van der Waals surface area contributed by atoms with E-state index in [-0.39, 0.29) is 24.4 Å². The van der Waals surface area contributed by atoms with Gasteiger partial charge < -0.3 is 10.6 Å². The summed E-state index contributed by atoms with van der Waals surface area (Å²) in [5.41, 5.74) is 10.2. The molecule has 2 saturated heterocycles. The van der Waals surface area contributed by atoms with Crippen molar-refractivity contribution in [1.29, 1.82) is 0 Å².